The second kappa shape index (κ2) is 21.1. The number of rotatable bonds is 18. The first-order chi connectivity index (χ1) is 33.7. The van der Waals surface area contributed by atoms with Crippen LogP contribution in [0.4, 0.5) is 5.82 Å². The molecule has 0 aliphatic carbocycles. The summed E-state index contributed by atoms with van der Waals surface area (Å²) >= 11 is 6.04. The molecular weight excluding hydrogens is 954 g/mol. The number of anilines is 1. The average molecular weight is 1010 g/mol. The van der Waals surface area contributed by atoms with Crippen LogP contribution in [0.15, 0.2) is 126 Å². The summed E-state index contributed by atoms with van der Waals surface area (Å²) in [4.78, 5) is 43.4. The zero-order chi connectivity index (χ0) is 49.2. The van der Waals surface area contributed by atoms with Gasteiger partial charge in [0, 0.05) is 39.6 Å². The third kappa shape index (κ3) is 10.6. The predicted octanol–water partition coefficient (Wildman–Crippen LogP) is 7.10. The highest BCUT2D eigenvalue weighted by molar-refractivity contribution is 8.07. The molecule has 0 radical (unpaired) electrons. The molecule has 3 aliphatic heterocycles. The minimum absolute atomic E-state index is 0.000248. The minimum Gasteiger partial charge on any atom is -0.408 e. The van der Waals surface area contributed by atoms with Crippen molar-refractivity contribution >= 4 is 43.8 Å². The van der Waals surface area contributed by atoms with Crippen LogP contribution in [0.5, 0.6) is 0 Å². The third-order valence-electron chi connectivity index (χ3n) is 13.4. The smallest absolute Gasteiger partial charge is 0.335 e. The molecule has 9 rings (SSSR count). The van der Waals surface area contributed by atoms with Gasteiger partial charge in [0.05, 0.1) is 26.1 Å². The Hall–Kier alpha value is -4.80. The van der Waals surface area contributed by atoms with Crippen LogP contribution in [0, 0.1) is 0 Å². The van der Waals surface area contributed by atoms with E-state index < -0.39 is 75.4 Å². The fourth-order valence-electron chi connectivity index (χ4n) is 8.74. The number of imidazole rings is 1. The van der Waals surface area contributed by atoms with Gasteiger partial charge in [-0.3, -0.25) is 18.5 Å². The van der Waals surface area contributed by atoms with Gasteiger partial charge in [-0.1, -0.05) is 112 Å². The van der Waals surface area contributed by atoms with Gasteiger partial charge in [0.1, 0.15) is 49.7 Å². The molecule has 0 bridgehead atoms. The molecule has 3 fully saturated rings. The van der Waals surface area contributed by atoms with Crippen molar-refractivity contribution in [3.05, 3.63) is 153 Å². The molecule has 3 aromatic heterocycles. The largest absolute Gasteiger partial charge is 0.408 e. The summed E-state index contributed by atoms with van der Waals surface area (Å²) in [6, 6.07) is 31.3. The topological polar surface area (TPSA) is 174 Å². The van der Waals surface area contributed by atoms with Gasteiger partial charge < -0.3 is 42.1 Å². The Morgan fingerprint density at radius 2 is 1.43 bits per heavy atom. The summed E-state index contributed by atoms with van der Waals surface area (Å²) in [7, 11) is 0.659. The van der Waals surface area contributed by atoms with E-state index in [2.05, 4.69) is 63.0 Å². The van der Waals surface area contributed by atoms with E-state index in [1.54, 1.807) is 19.8 Å². The minimum atomic E-state index is -3.51. The fourth-order valence-corrected chi connectivity index (χ4v) is 12.1. The van der Waals surface area contributed by atoms with Crippen molar-refractivity contribution in [3.63, 3.8) is 0 Å². The van der Waals surface area contributed by atoms with Crippen LogP contribution in [-0.4, -0.2) is 101 Å². The molecular formula is C49H60N7O11PSSi. The van der Waals surface area contributed by atoms with Gasteiger partial charge in [-0.15, -0.1) is 0 Å². The molecule has 0 saturated carbocycles. The molecule has 9 atom stereocenters. The maximum absolute atomic E-state index is 13.8. The highest BCUT2D eigenvalue weighted by Gasteiger charge is 2.55. The maximum Gasteiger partial charge on any atom is 0.335 e. The Bertz CT molecular complexity index is 2850. The van der Waals surface area contributed by atoms with Crippen molar-refractivity contribution in [1.29, 1.82) is 0 Å². The molecule has 372 valence electrons. The molecule has 70 heavy (non-hydrogen) atoms. The second-order valence-corrected chi connectivity index (χ2v) is 26.8. The number of benzene rings is 3. The highest BCUT2D eigenvalue weighted by atomic mass is 32.5. The first kappa shape index (κ1) is 50.1. The normalized spacial score (nSPS) is 25.9. The molecule has 3 aliphatic rings. The Balaban J connectivity index is 0.953. The zero-order valence-corrected chi connectivity index (χ0v) is 43.0. The Kier molecular flexibility index (Phi) is 15.1. The van der Waals surface area contributed by atoms with Crippen molar-refractivity contribution in [2.24, 2.45) is 0 Å². The molecule has 6 aromatic rings. The average Bonchev–Trinajstić information content (AvgIpc) is 4.05. The Labute approximate surface area is 412 Å². The molecule has 0 amide bonds. The summed E-state index contributed by atoms with van der Waals surface area (Å²) in [6.45, 7) is 8.42. The number of ether oxygens (including phenoxy) is 5. The lowest BCUT2D eigenvalue weighted by molar-refractivity contribution is -0.0755. The van der Waals surface area contributed by atoms with Gasteiger partial charge in [-0.25, -0.2) is 24.3 Å². The molecule has 18 nitrogen and oxygen atoms in total. The quantitative estimate of drug-likeness (QED) is 0.0629. The van der Waals surface area contributed by atoms with E-state index in [1.165, 1.54) is 23.9 Å². The standard InChI is InChI=1S/C49H60N7O11PSSi/c1-49(2,3)70(6,7)67-41-37(65-47(43(41)60-5)55-31-52-39-44(50-30-51-45(39)55)53(25-33-17-11-8-12-18-33)26-34-19-13-9-14-20-34)29-63-68(69)62-28-36-40(66-68)42(59-4)46(64-36)54-24-23-38(57)56(48(54)58)32-61-27-35-21-15-10-16-22-35/h8-24,30-31,36-37,40-43,46-47H,25-29,32H2,1-7H3/t36-,37-,40-,41-,42-,43-,46-,47-,68-/m1/s1. The molecule has 21 heteroatoms. The molecule has 0 N–H and O–H groups in total. The summed E-state index contributed by atoms with van der Waals surface area (Å²) in [5.74, 6) is 0.673. The Morgan fingerprint density at radius 3 is 2.06 bits per heavy atom. The van der Waals surface area contributed by atoms with Crippen LogP contribution < -0.4 is 16.1 Å². The highest BCUT2D eigenvalue weighted by Crippen LogP contribution is 2.58. The van der Waals surface area contributed by atoms with Gasteiger partial charge in [0.15, 0.2) is 37.8 Å². The van der Waals surface area contributed by atoms with Crippen molar-refractivity contribution in [2.45, 2.75) is 114 Å². The fraction of sp³-hybridized carbons (Fsp3) is 0.449. The number of hydrogen-bond donors (Lipinski definition) is 0. The number of hydrogen-bond acceptors (Lipinski definition) is 16. The van der Waals surface area contributed by atoms with Crippen LogP contribution >= 0.6 is 6.72 Å². The van der Waals surface area contributed by atoms with Gasteiger partial charge in [-0.2, -0.15) is 0 Å². The van der Waals surface area contributed by atoms with E-state index in [9.17, 15) is 9.59 Å². The van der Waals surface area contributed by atoms with Crippen molar-refractivity contribution in [1.82, 2.24) is 28.7 Å². The first-order valence-electron chi connectivity index (χ1n) is 23.2. The second-order valence-electron chi connectivity index (χ2n) is 19.1. The van der Waals surface area contributed by atoms with E-state index >= 15 is 0 Å². The van der Waals surface area contributed by atoms with Gasteiger partial charge in [0.25, 0.3) is 5.56 Å². The lowest BCUT2D eigenvalue weighted by Gasteiger charge is -2.40. The molecule has 6 heterocycles. The first-order valence-corrected chi connectivity index (χ1v) is 28.7. The summed E-state index contributed by atoms with van der Waals surface area (Å²) < 4.78 is 61.8. The molecule has 3 aromatic carbocycles. The molecule has 3 saturated heterocycles. The van der Waals surface area contributed by atoms with Crippen LogP contribution in [-0.2, 0) is 79.9 Å². The number of methoxy groups -OCH3 is 2. The summed E-state index contributed by atoms with van der Waals surface area (Å²) in [5, 5.41) is -0.158. The van der Waals surface area contributed by atoms with Crippen molar-refractivity contribution < 1.29 is 41.7 Å². The number of fused-ring (bicyclic) bond motifs is 2. The van der Waals surface area contributed by atoms with Crippen LogP contribution in [0.25, 0.3) is 11.2 Å². The van der Waals surface area contributed by atoms with E-state index in [4.69, 9.17) is 68.4 Å². The van der Waals surface area contributed by atoms with E-state index in [-0.39, 0.29) is 31.6 Å². The third-order valence-corrected chi connectivity index (χ3v) is 20.2. The summed E-state index contributed by atoms with van der Waals surface area (Å²) in [5.41, 5.74) is 3.15. The van der Waals surface area contributed by atoms with Crippen molar-refractivity contribution in [3.8, 4) is 0 Å². The lowest BCUT2D eigenvalue weighted by Crippen LogP contribution is -2.50. The summed E-state index contributed by atoms with van der Waals surface area (Å²) in [6.07, 6.45) is -1.34. The predicted molar refractivity (Wildman–Crippen MR) is 267 cm³/mol. The van der Waals surface area contributed by atoms with E-state index in [1.807, 2.05) is 71.3 Å². The lowest BCUT2D eigenvalue weighted by atomic mass is 10.1. The Morgan fingerprint density at radius 1 is 0.800 bits per heavy atom. The van der Waals surface area contributed by atoms with Gasteiger partial charge >= 0.3 is 12.4 Å². The van der Waals surface area contributed by atoms with E-state index in [0.717, 1.165) is 21.3 Å². The SMILES string of the molecule is CO[C@@H]1[C@@H]2O[P@](=S)(OC[C@H]3O[C@@H](n4cnc5c(N(Cc6ccccc6)Cc6ccccc6)ncnc54)[C@H](OC)[C@@H]3O[Si](C)(C)C(C)(C)C)OC[C@H]2O[C@H]1n1ccc(=O)n(COCc2ccccc2)c1=O. The van der Waals surface area contributed by atoms with Gasteiger partial charge in [-0.05, 0) is 46.6 Å². The molecule has 0 spiro atoms. The number of nitrogens with zero attached hydrogens (tertiary/aromatic N) is 7. The van der Waals surface area contributed by atoms with Crippen molar-refractivity contribution in [2.75, 3.05) is 32.3 Å². The maximum atomic E-state index is 13.8. The monoisotopic (exact) mass is 1010 g/mol. The van der Waals surface area contributed by atoms with Crippen LogP contribution in [0.3, 0.4) is 0 Å². The number of aromatic nitrogens is 6. The zero-order valence-electron chi connectivity index (χ0n) is 40.3. The van der Waals surface area contributed by atoms with Crippen LogP contribution in [0.2, 0.25) is 18.1 Å². The van der Waals surface area contributed by atoms with Gasteiger partial charge in [0.2, 0.25) is 0 Å². The molecule has 0 unspecified atom stereocenters. The van der Waals surface area contributed by atoms with E-state index in [0.29, 0.717) is 30.1 Å². The van der Waals surface area contributed by atoms with Crippen LogP contribution in [0.1, 0.15) is 49.9 Å².